The molecule has 0 aliphatic carbocycles. The minimum atomic E-state index is -0.571. The average molecular weight is 805 g/mol. The minimum Gasteiger partial charge on any atom is -0.455 e. The van der Waals surface area contributed by atoms with Gasteiger partial charge in [0.2, 0.25) is 23.6 Å². The first kappa shape index (κ1) is 38.0. The number of fused-ring (bicyclic) bond motifs is 1. The number of carbonyl (C=O) groups is 4. The van der Waals surface area contributed by atoms with Gasteiger partial charge >= 0.3 is 0 Å². The van der Waals surface area contributed by atoms with Crippen LogP contribution in [0.5, 0.6) is 0 Å². The fourth-order valence-electron chi connectivity index (χ4n) is 7.89. The highest BCUT2D eigenvalue weighted by Gasteiger charge is 2.39. The lowest BCUT2D eigenvalue weighted by Crippen LogP contribution is -2.48. The van der Waals surface area contributed by atoms with Crippen molar-refractivity contribution in [3.63, 3.8) is 0 Å². The van der Waals surface area contributed by atoms with Crippen molar-refractivity contribution in [2.24, 2.45) is 0 Å². The van der Waals surface area contributed by atoms with Gasteiger partial charge in [-0.2, -0.15) is 0 Å². The van der Waals surface area contributed by atoms with Crippen molar-refractivity contribution in [3.8, 4) is 11.3 Å². The molecular weight excluding hydrogens is 758 g/mol. The molecule has 4 aromatic carbocycles. The normalized spacial score (nSPS) is 17.5. The number of rotatable bonds is 12. The molecule has 2 aliphatic heterocycles. The Morgan fingerprint density at radius 1 is 0.764 bits per heavy atom. The smallest absolute Gasteiger partial charge is 0.247 e. The summed E-state index contributed by atoms with van der Waals surface area (Å²) in [6.45, 7) is 6.64. The zero-order valence-corrected chi connectivity index (χ0v) is 32.8. The third-order valence-corrected chi connectivity index (χ3v) is 11.5. The molecule has 0 spiro atoms. The number of hydrogen-bond acceptors (Lipinski definition) is 6. The molecule has 3 heterocycles. The van der Waals surface area contributed by atoms with Gasteiger partial charge in [-0.3, -0.25) is 24.1 Å². The van der Waals surface area contributed by atoms with Crippen LogP contribution in [0.1, 0.15) is 56.7 Å². The van der Waals surface area contributed by atoms with Gasteiger partial charge in [-0.05, 0) is 108 Å². The summed E-state index contributed by atoms with van der Waals surface area (Å²) in [7, 11) is 0. The van der Waals surface area contributed by atoms with Gasteiger partial charge < -0.3 is 24.9 Å². The highest BCUT2D eigenvalue weighted by Crippen LogP contribution is 2.39. The van der Waals surface area contributed by atoms with E-state index >= 15 is 0 Å². The molecule has 11 heteroatoms. The number of amides is 4. The van der Waals surface area contributed by atoms with E-state index in [-0.39, 0.29) is 30.0 Å². The van der Waals surface area contributed by atoms with Gasteiger partial charge in [-0.25, -0.2) is 0 Å². The summed E-state index contributed by atoms with van der Waals surface area (Å²) in [6.07, 6.45) is 3.04. The van der Waals surface area contributed by atoms with E-state index in [1.54, 1.807) is 15.9 Å². The largest absolute Gasteiger partial charge is 0.455 e. The van der Waals surface area contributed by atoms with Crippen molar-refractivity contribution in [2.45, 2.75) is 64.1 Å². The van der Waals surface area contributed by atoms with Crippen molar-refractivity contribution in [1.29, 1.82) is 0 Å². The summed E-state index contributed by atoms with van der Waals surface area (Å²) >= 11 is 3.73. The van der Waals surface area contributed by atoms with Gasteiger partial charge in [0.05, 0.1) is 10.9 Å². The summed E-state index contributed by atoms with van der Waals surface area (Å²) in [5, 5.41) is 6.85. The topological polar surface area (TPSA) is 115 Å². The van der Waals surface area contributed by atoms with E-state index in [0.717, 1.165) is 39.4 Å². The van der Waals surface area contributed by atoms with Crippen molar-refractivity contribution < 1.29 is 23.6 Å². The van der Waals surface area contributed by atoms with Gasteiger partial charge in [-0.1, -0.05) is 74.5 Å². The molecule has 5 aromatic rings. The van der Waals surface area contributed by atoms with Crippen LogP contribution in [-0.2, 0) is 25.6 Å². The molecule has 1 aromatic heterocycles. The zero-order valence-electron chi connectivity index (χ0n) is 31.2. The summed E-state index contributed by atoms with van der Waals surface area (Å²) in [4.78, 5) is 59.8. The van der Waals surface area contributed by atoms with Gasteiger partial charge in [0.15, 0.2) is 0 Å². The summed E-state index contributed by atoms with van der Waals surface area (Å²) in [5.74, 6) is 0.104. The second-order valence-electron chi connectivity index (χ2n) is 14.1. The highest BCUT2D eigenvalue weighted by atomic mass is 79.9. The van der Waals surface area contributed by atoms with Crippen LogP contribution in [0.25, 0.3) is 22.3 Å². The number of likely N-dealkylation sites (N-methyl/N-ethyl adjacent to an activating group) is 1. The number of nitrogens with zero attached hydrogens (tertiary/aromatic N) is 3. The third-order valence-electron chi connectivity index (χ3n) is 10.7. The van der Waals surface area contributed by atoms with Crippen LogP contribution in [0, 0.1) is 0 Å². The molecule has 4 amide bonds. The Morgan fingerprint density at radius 2 is 1.35 bits per heavy atom. The molecule has 0 bridgehead atoms. The van der Waals surface area contributed by atoms with Crippen LogP contribution in [0.4, 0.5) is 11.4 Å². The Morgan fingerprint density at radius 3 is 2.00 bits per heavy atom. The Hall–Kier alpha value is -5.26. The van der Waals surface area contributed by atoms with Gasteiger partial charge in [0, 0.05) is 35.4 Å². The molecule has 7 rings (SSSR count). The molecule has 2 N–H and O–H groups in total. The maximum Gasteiger partial charge on any atom is 0.247 e. The first-order valence-electron chi connectivity index (χ1n) is 19.1. The Bertz CT molecular complexity index is 2150. The maximum absolute atomic E-state index is 14.1. The Balaban J connectivity index is 1.01. The summed E-state index contributed by atoms with van der Waals surface area (Å²) in [5.41, 5.74) is 4.53. The number of furan rings is 1. The highest BCUT2D eigenvalue weighted by molar-refractivity contribution is 9.10. The number of carbonyl (C=O) groups excluding carboxylic acids is 4. The molecule has 0 radical (unpaired) electrons. The van der Waals surface area contributed by atoms with E-state index < -0.39 is 18.1 Å². The van der Waals surface area contributed by atoms with Crippen LogP contribution >= 0.6 is 15.9 Å². The van der Waals surface area contributed by atoms with E-state index in [0.29, 0.717) is 61.7 Å². The van der Waals surface area contributed by atoms with Crippen molar-refractivity contribution in [1.82, 2.24) is 14.7 Å². The van der Waals surface area contributed by atoms with Crippen LogP contribution < -0.4 is 10.6 Å². The third kappa shape index (κ3) is 8.23. The molecule has 0 unspecified atom stereocenters. The fraction of sp³-hybridized carbons (Fsp3) is 0.318. The Kier molecular flexibility index (Phi) is 11.8. The van der Waals surface area contributed by atoms with Gasteiger partial charge in [0.1, 0.15) is 29.5 Å². The van der Waals surface area contributed by atoms with Crippen LogP contribution in [0.3, 0.4) is 0 Å². The SMILES string of the molecule is CCN(CC)[C@@H](C(=O)N1CCC[C@H]1C(=O)Nc1ccc2oc(-c3ccc(NC(=O)[C@@H]4CCCN4C(=O)Cc4ccccc4)cc3)c(Br)c2c1)c1ccccc1. The van der Waals surface area contributed by atoms with E-state index in [4.69, 9.17) is 4.42 Å². The van der Waals surface area contributed by atoms with E-state index in [9.17, 15) is 19.2 Å². The summed E-state index contributed by atoms with van der Waals surface area (Å²) < 4.78 is 6.98. The van der Waals surface area contributed by atoms with Crippen molar-refractivity contribution in [3.05, 3.63) is 119 Å². The van der Waals surface area contributed by atoms with Crippen molar-refractivity contribution in [2.75, 3.05) is 36.8 Å². The fourth-order valence-corrected chi connectivity index (χ4v) is 8.51. The predicted molar refractivity (Wildman–Crippen MR) is 218 cm³/mol. The number of nitrogens with one attached hydrogen (secondary N) is 2. The lowest BCUT2D eigenvalue weighted by molar-refractivity contribution is -0.141. The molecule has 10 nitrogen and oxygen atoms in total. The molecule has 284 valence electrons. The molecule has 2 aliphatic rings. The molecular formula is C44H46BrN5O5. The first-order valence-corrected chi connectivity index (χ1v) is 19.9. The van der Waals surface area contributed by atoms with Crippen LogP contribution in [0.15, 0.2) is 112 Å². The summed E-state index contributed by atoms with van der Waals surface area (Å²) in [6, 6.07) is 30.7. The number of halogens is 1. The molecule has 0 saturated carbocycles. The quantitative estimate of drug-likeness (QED) is 0.132. The molecule has 55 heavy (non-hydrogen) atoms. The molecule has 2 fully saturated rings. The van der Waals surface area contributed by atoms with E-state index in [1.807, 2.05) is 97.1 Å². The van der Waals surface area contributed by atoms with Crippen LogP contribution in [-0.4, -0.2) is 76.6 Å². The maximum atomic E-state index is 14.1. The van der Waals surface area contributed by atoms with Crippen LogP contribution in [0.2, 0.25) is 0 Å². The molecule has 3 atom stereocenters. The van der Waals surface area contributed by atoms with E-state index in [1.165, 1.54) is 0 Å². The Labute approximate surface area is 330 Å². The minimum absolute atomic E-state index is 0.0462. The van der Waals surface area contributed by atoms with Gasteiger partial charge in [-0.15, -0.1) is 0 Å². The average Bonchev–Trinajstić information content (AvgIpc) is 3.98. The standard InChI is InChI=1S/C44H46BrN5O5/c1-3-48(4-2)40(30-15-9-6-10-16-30)44(54)50-26-12-18-36(50)43(53)47-33-23-24-37-34(28-33)39(45)41(55-37)31-19-21-32(22-20-31)46-42(52)35-17-11-25-49(35)38(51)27-29-13-7-5-8-14-29/h5-10,13-16,19-24,28,35-36,40H,3-4,11-12,17-18,25-27H2,1-2H3,(H,46,52)(H,47,53)/t35-,36-,40+/m0/s1. The van der Waals surface area contributed by atoms with Gasteiger partial charge in [0.25, 0.3) is 0 Å². The second kappa shape index (κ2) is 17.0. The first-order chi connectivity index (χ1) is 26.7. The number of anilines is 2. The second-order valence-corrected chi connectivity index (χ2v) is 14.9. The number of likely N-dealkylation sites (tertiary alicyclic amines) is 2. The zero-order chi connectivity index (χ0) is 38.5. The predicted octanol–water partition coefficient (Wildman–Crippen LogP) is 8.05. The lowest BCUT2D eigenvalue weighted by Gasteiger charge is -2.34. The number of benzene rings is 4. The monoisotopic (exact) mass is 803 g/mol. The number of hydrogen-bond donors (Lipinski definition) is 2. The molecule has 2 saturated heterocycles. The van der Waals surface area contributed by atoms with Crippen molar-refractivity contribution >= 4 is 61.9 Å². The van der Waals surface area contributed by atoms with E-state index in [2.05, 4.69) is 45.3 Å². The lowest BCUT2D eigenvalue weighted by atomic mass is 10.0.